The van der Waals surface area contributed by atoms with Crippen molar-refractivity contribution in [2.75, 3.05) is 0 Å². The number of benzene rings is 1. The number of rotatable bonds is 5. The molecule has 0 radical (unpaired) electrons. The van der Waals surface area contributed by atoms with Gasteiger partial charge in [0.25, 0.3) is 0 Å². The van der Waals surface area contributed by atoms with E-state index in [2.05, 4.69) is 21.6 Å². The van der Waals surface area contributed by atoms with Crippen molar-refractivity contribution >= 4 is 12.0 Å². The van der Waals surface area contributed by atoms with Gasteiger partial charge in [0.05, 0.1) is 12.3 Å². The molecule has 2 amide bonds. The molecule has 1 aliphatic carbocycles. The molecule has 2 aliphatic rings. The van der Waals surface area contributed by atoms with Gasteiger partial charge in [0, 0.05) is 24.2 Å². The highest BCUT2D eigenvalue weighted by Crippen LogP contribution is 2.43. The van der Waals surface area contributed by atoms with E-state index in [1.165, 1.54) is 11.0 Å². The Morgan fingerprint density at radius 2 is 2.06 bits per heavy atom. The molecule has 188 valence electrons. The van der Waals surface area contributed by atoms with Gasteiger partial charge in [-0.3, -0.25) is 14.8 Å². The molecule has 4 atom stereocenters. The third-order valence-corrected chi connectivity index (χ3v) is 6.24. The fourth-order valence-corrected chi connectivity index (χ4v) is 4.81. The van der Waals surface area contributed by atoms with Crippen LogP contribution in [-0.4, -0.2) is 50.8 Å². The van der Waals surface area contributed by atoms with E-state index in [1.54, 1.807) is 45.3 Å². The molecule has 9 heteroatoms. The first-order valence-corrected chi connectivity index (χ1v) is 12.1. The molecule has 2 N–H and O–H groups in total. The summed E-state index contributed by atoms with van der Waals surface area (Å²) in [7, 11) is 0. The molecular formula is C26H34FN5O3. The van der Waals surface area contributed by atoms with Gasteiger partial charge in [-0.2, -0.15) is 10.4 Å². The number of nitriles is 1. The second-order valence-corrected chi connectivity index (χ2v) is 9.75. The van der Waals surface area contributed by atoms with E-state index < -0.39 is 35.5 Å². The monoisotopic (exact) mass is 483 g/mol. The number of H-pyrrole nitrogens is 1. The second kappa shape index (κ2) is 10.9. The zero-order valence-corrected chi connectivity index (χ0v) is 21.0. The first-order valence-electron chi connectivity index (χ1n) is 12.1. The van der Waals surface area contributed by atoms with Crippen LogP contribution in [0.15, 0.2) is 30.6 Å². The number of carbonyl (C=O) groups is 2. The SMILES string of the molecule is CC.CC(C)(C)OC(=O)N1C2CCC(C2)C1C(=O)N[C@H](C#N)Cc1ccc(-c2cn[nH]c2)cc1F. The Morgan fingerprint density at radius 1 is 1.31 bits per heavy atom. The first kappa shape index (κ1) is 26.2. The molecule has 2 heterocycles. The average Bonchev–Trinajstić information content (AvgIpc) is 3.57. The maximum absolute atomic E-state index is 14.7. The molecular weight excluding hydrogens is 449 g/mol. The smallest absolute Gasteiger partial charge is 0.411 e. The van der Waals surface area contributed by atoms with E-state index in [0.29, 0.717) is 11.1 Å². The average molecular weight is 484 g/mol. The minimum absolute atomic E-state index is 0.0208. The van der Waals surface area contributed by atoms with Crippen LogP contribution in [-0.2, 0) is 16.0 Å². The van der Waals surface area contributed by atoms with Crippen molar-refractivity contribution in [1.82, 2.24) is 20.4 Å². The van der Waals surface area contributed by atoms with Gasteiger partial charge >= 0.3 is 6.09 Å². The van der Waals surface area contributed by atoms with E-state index in [4.69, 9.17) is 4.74 Å². The molecule has 2 fully saturated rings. The highest BCUT2D eigenvalue weighted by molar-refractivity contribution is 5.87. The second-order valence-electron chi connectivity index (χ2n) is 9.75. The lowest BCUT2D eigenvalue weighted by Crippen LogP contribution is -2.55. The summed E-state index contributed by atoms with van der Waals surface area (Å²) < 4.78 is 20.2. The molecule has 2 bridgehead atoms. The number of nitrogens with zero attached hydrogens (tertiary/aromatic N) is 3. The molecule has 1 aromatic carbocycles. The number of ether oxygens (including phenoxy) is 1. The standard InChI is InChI=1S/C24H28FN5O3.C2H6/c1-24(2,3)33-23(32)30-19-7-6-16(9-19)21(30)22(31)29-18(11-26)8-15-5-4-14(10-20(15)25)17-12-27-28-13-17;1-2/h4-5,10,12-13,16,18-19,21H,6-9H2,1-3H3,(H,27,28)(H,29,31);1-2H3/t16?,18-,19?,21?;/m0./s1. The van der Waals surface area contributed by atoms with Gasteiger partial charge in [0.1, 0.15) is 23.5 Å². The van der Waals surface area contributed by atoms with Crippen molar-refractivity contribution in [3.05, 3.63) is 42.0 Å². The summed E-state index contributed by atoms with van der Waals surface area (Å²) in [6.45, 7) is 9.35. The molecule has 8 nitrogen and oxygen atoms in total. The molecule has 1 saturated heterocycles. The number of halogens is 1. The normalized spacial score (nSPS) is 21.5. The van der Waals surface area contributed by atoms with Gasteiger partial charge in [-0.1, -0.05) is 26.0 Å². The first-order chi connectivity index (χ1) is 16.7. The van der Waals surface area contributed by atoms with Crippen LogP contribution in [0, 0.1) is 23.1 Å². The maximum Gasteiger partial charge on any atom is 0.411 e. The van der Waals surface area contributed by atoms with E-state index >= 15 is 0 Å². The number of aromatic amines is 1. The van der Waals surface area contributed by atoms with Crippen molar-refractivity contribution in [3.63, 3.8) is 0 Å². The number of likely N-dealkylation sites (tertiary alicyclic amines) is 1. The van der Waals surface area contributed by atoms with Crippen molar-refractivity contribution in [2.24, 2.45) is 5.92 Å². The summed E-state index contributed by atoms with van der Waals surface area (Å²) in [6, 6.07) is 5.16. The largest absolute Gasteiger partial charge is 0.444 e. The van der Waals surface area contributed by atoms with Crippen molar-refractivity contribution in [3.8, 4) is 17.2 Å². The van der Waals surface area contributed by atoms with E-state index in [1.807, 2.05) is 13.8 Å². The highest BCUT2D eigenvalue weighted by Gasteiger charge is 2.52. The highest BCUT2D eigenvalue weighted by atomic mass is 19.1. The van der Waals surface area contributed by atoms with E-state index in [-0.39, 0.29) is 18.4 Å². The Labute approximate surface area is 205 Å². The molecule has 1 aromatic heterocycles. The summed E-state index contributed by atoms with van der Waals surface area (Å²) in [5.74, 6) is -0.818. The van der Waals surface area contributed by atoms with Crippen molar-refractivity contribution in [2.45, 2.75) is 84.0 Å². The van der Waals surface area contributed by atoms with E-state index in [9.17, 15) is 19.2 Å². The van der Waals surface area contributed by atoms with Crippen LogP contribution in [0.2, 0.25) is 0 Å². The lowest BCUT2D eigenvalue weighted by molar-refractivity contribution is -0.128. The van der Waals surface area contributed by atoms with E-state index in [0.717, 1.165) is 24.8 Å². The Morgan fingerprint density at radius 3 is 2.66 bits per heavy atom. The summed E-state index contributed by atoms with van der Waals surface area (Å²) in [5, 5.41) is 18.9. The van der Waals surface area contributed by atoms with Crippen LogP contribution in [0.3, 0.4) is 0 Å². The minimum atomic E-state index is -0.925. The zero-order chi connectivity index (χ0) is 25.8. The summed E-state index contributed by atoms with van der Waals surface area (Å²) in [5.41, 5.74) is 1.07. The van der Waals surface area contributed by atoms with Crippen LogP contribution in [0.1, 0.15) is 59.4 Å². The third kappa shape index (κ3) is 5.99. The lowest BCUT2D eigenvalue weighted by atomic mass is 9.97. The molecule has 1 saturated carbocycles. The van der Waals surface area contributed by atoms with Crippen LogP contribution < -0.4 is 5.32 Å². The number of amides is 2. The zero-order valence-electron chi connectivity index (χ0n) is 21.0. The predicted molar refractivity (Wildman–Crippen MR) is 130 cm³/mol. The number of fused-ring (bicyclic) bond motifs is 2. The number of aromatic nitrogens is 2. The van der Waals surface area contributed by atoms with Gasteiger partial charge in [-0.05, 0) is 63.1 Å². The van der Waals surface area contributed by atoms with Gasteiger partial charge in [-0.15, -0.1) is 0 Å². The maximum atomic E-state index is 14.7. The Kier molecular flexibility index (Phi) is 8.15. The molecule has 2 aromatic rings. The molecule has 0 spiro atoms. The summed E-state index contributed by atoms with van der Waals surface area (Å²) in [4.78, 5) is 27.5. The predicted octanol–water partition coefficient (Wildman–Crippen LogP) is 4.58. The van der Waals surface area contributed by atoms with Crippen molar-refractivity contribution in [1.29, 1.82) is 5.26 Å². The molecule has 1 aliphatic heterocycles. The van der Waals surface area contributed by atoms with Crippen LogP contribution >= 0.6 is 0 Å². The van der Waals surface area contributed by atoms with Crippen molar-refractivity contribution < 1.29 is 18.7 Å². The Hall–Kier alpha value is -3.41. The van der Waals surface area contributed by atoms with Crippen LogP contribution in [0.5, 0.6) is 0 Å². The molecule has 4 rings (SSSR count). The molecule has 3 unspecified atom stereocenters. The summed E-state index contributed by atoms with van der Waals surface area (Å²) in [6.07, 6.45) is 5.21. The lowest BCUT2D eigenvalue weighted by Gasteiger charge is -2.35. The number of piperidine rings is 1. The van der Waals surface area contributed by atoms with Gasteiger partial charge in [0.15, 0.2) is 0 Å². The quantitative estimate of drug-likeness (QED) is 0.647. The topological polar surface area (TPSA) is 111 Å². The van der Waals surface area contributed by atoms with Gasteiger partial charge in [0.2, 0.25) is 5.91 Å². The van der Waals surface area contributed by atoms with Crippen LogP contribution in [0.4, 0.5) is 9.18 Å². The fraction of sp³-hybridized carbons (Fsp3) is 0.538. The number of hydrogen-bond donors (Lipinski definition) is 2. The number of hydrogen-bond acceptors (Lipinski definition) is 5. The fourth-order valence-electron chi connectivity index (χ4n) is 4.81. The third-order valence-electron chi connectivity index (χ3n) is 6.24. The minimum Gasteiger partial charge on any atom is -0.444 e. The van der Waals surface area contributed by atoms with Gasteiger partial charge < -0.3 is 10.1 Å². The summed E-state index contributed by atoms with van der Waals surface area (Å²) >= 11 is 0. The number of carbonyl (C=O) groups excluding carboxylic acids is 2. The number of nitrogens with one attached hydrogen (secondary N) is 2. The van der Waals surface area contributed by atoms with Gasteiger partial charge in [-0.25, -0.2) is 9.18 Å². The molecule has 35 heavy (non-hydrogen) atoms. The Bertz CT molecular complexity index is 1070. The Balaban J connectivity index is 0.00000167. The van der Waals surface area contributed by atoms with Crippen LogP contribution in [0.25, 0.3) is 11.1 Å².